The second-order valence-electron chi connectivity index (χ2n) is 7.69. The van der Waals surface area contributed by atoms with Crippen molar-refractivity contribution in [2.24, 2.45) is 0 Å². The topological polar surface area (TPSA) is 88.9 Å². The summed E-state index contributed by atoms with van der Waals surface area (Å²) in [5.41, 5.74) is -0.539. The highest BCUT2D eigenvalue weighted by Crippen LogP contribution is 2.42. The number of nitrogens with zero attached hydrogens (tertiary/aromatic N) is 5. The van der Waals surface area contributed by atoms with Crippen molar-refractivity contribution in [1.29, 1.82) is 0 Å². The SMILES string of the molecule is O=S(=O)(c1ccc2cnccc2c1)N(c1ccncn1)c1ccc(C(F)(F)F)cc1-c1ccncc1. The number of alkyl halides is 3. The van der Waals surface area contributed by atoms with E-state index in [2.05, 4.69) is 19.9 Å². The zero-order chi connectivity index (χ0) is 25.3. The lowest BCUT2D eigenvalue weighted by Crippen LogP contribution is -2.28. The van der Waals surface area contributed by atoms with Gasteiger partial charge in [0.2, 0.25) is 0 Å². The van der Waals surface area contributed by atoms with Crippen LogP contribution < -0.4 is 4.31 Å². The summed E-state index contributed by atoms with van der Waals surface area (Å²) in [6.45, 7) is 0. The van der Waals surface area contributed by atoms with Crippen molar-refractivity contribution in [3.05, 3.63) is 104 Å². The monoisotopic (exact) mass is 507 g/mol. The summed E-state index contributed by atoms with van der Waals surface area (Å²) >= 11 is 0. The van der Waals surface area contributed by atoms with Crippen LogP contribution in [0.5, 0.6) is 0 Å². The van der Waals surface area contributed by atoms with Gasteiger partial charge in [-0.3, -0.25) is 9.97 Å². The maximum atomic E-state index is 14.1. The highest BCUT2D eigenvalue weighted by Gasteiger charge is 2.34. The lowest BCUT2D eigenvalue weighted by Gasteiger charge is -2.26. The molecule has 0 saturated heterocycles. The van der Waals surface area contributed by atoms with E-state index in [-0.39, 0.29) is 22.0 Å². The Kier molecular flexibility index (Phi) is 5.84. The molecule has 0 saturated carbocycles. The normalized spacial score (nSPS) is 12.0. The molecule has 7 nitrogen and oxygen atoms in total. The first-order chi connectivity index (χ1) is 17.2. The largest absolute Gasteiger partial charge is 0.416 e. The fraction of sp³-hybridized carbons (Fsp3) is 0.0400. The van der Waals surface area contributed by atoms with Gasteiger partial charge in [0.15, 0.2) is 5.82 Å². The lowest BCUT2D eigenvalue weighted by atomic mass is 10.0. The lowest BCUT2D eigenvalue weighted by molar-refractivity contribution is -0.137. The van der Waals surface area contributed by atoms with E-state index in [1.54, 1.807) is 24.5 Å². The highest BCUT2D eigenvalue weighted by molar-refractivity contribution is 7.93. The van der Waals surface area contributed by atoms with Crippen LogP contribution in [0.1, 0.15) is 5.56 Å². The highest BCUT2D eigenvalue weighted by atomic mass is 32.2. The average molecular weight is 507 g/mol. The molecule has 36 heavy (non-hydrogen) atoms. The van der Waals surface area contributed by atoms with Crippen LogP contribution in [0.3, 0.4) is 0 Å². The summed E-state index contributed by atoms with van der Waals surface area (Å²) in [5.74, 6) is -0.0325. The molecule has 0 unspecified atom stereocenters. The fourth-order valence-corrected chi connectivity index (χ4v) is 5.26. The summed E-state index contributed by atoms with van der Waals surface area (Å²) in [5, 5.41) is 1.37. The third-order valence-corrected chi connectivity index (χ3v) is 7.17. The fourth-order valence-electron chi connectivity index (χ4n) is 3.76. The van der Waals surface area contributed by atoms with E-state index in [0.29, 0.717) is 10.9 Å². The van der Waals surface area contributed by atoms with E-state index in [9.17, 15) is 21.6 Å². The molecule has 11 heteroatoms. The van der Waals surface area contributed by atoms with Crippen LogP contribution in [0.4, 0.5) is 24.7 Å². The minimum atomic E-state index is -4.63. The molecular formula is C25H16F3N5O2S. The molecule has 180 valence electrons. The number of hydrogen-bond acceptors (Lipinski definition) is 6. The van der Waals surface area contributed by atoms with Crippen LogP contribution in [0, 0.1) is 0 Å². The molecule has 0 spiro atoms. The van der Waals surface area contributed by atoms with E-state index in [1.165, 1.54) is 55.2 Å². The minimum absolute atomic E-state index is 0.0114. The Morgan fingerprint density at radius 1 is 0.750 bits per heavy atom. The van der Waals surface area contributed by atoms with Gasteiger partial charge in [-0.05, 0) is 59.5 Å². The summed E-state index contributed by atoms with van der Waals surface area (Å²) in [6, 6.07) is 13.5. The summed E-state index contributed by atoms with van der Waals surface area (Å²) in [4.78, 5) is 15.8. The van der Waals surface area contributed by atoms with Crippen molar-refractivity contribution in [3.8, 4) is 11.1 Å². The number of rotatable bonds is 5. The number of sulfonamides is 1. The standard InChI is InChI=1S/C25H16F3N5O2S/c26-25(27,28)20-2-4-23(22(14-20)17-5-9-29-10-6-17)33(24-8-12-31-16-32-24)36(34,35)21-3-1-19-15-30-11-7-18(19)13-21/h1-16H. The molecule has 3 aromatic heterocycles. The molecule has 0 aliphatic carbocycles. The van der Waals surface area contributed by atoms with Crippen molar-refractivity contribution in [3.63, 3.8) is 0 Å². The number of pyridine rings is 2. The average Bonchev–Trinajstić information content (AvgIpc) is 2.89. The van der Waals surface area contributed by atoms with E-state index >= 15 is 0 Å². The van der Waals surface area contributed by atoms with Crippen LogP contribution in [0.2, 0.25) is 0 Å². The first-order valence-corrected chi connectivity index (χ1v) is 12.0. The maximum Gasteiger partial charge on any atom is 0.416 e. The van der Waals surface area contributed by atoms with Gasteiger partial charge in [0.25, 0.3) is 10.0 Å². The Balaban J connectivity index is 1.78. The minimum Gasteiger partial charge on any atom is -0.265 e. The van der Waals surface area contributed by atoms with Gasteiger partial charge >= 0.3 is 6.18 Å². The molecule has 0 aliphatic rings. The Morgan fingerprint density at radius 2 is 1.50 bits per heavy atom. The van der Waals surface area contributed by atoms with Crippen molar-refractivity contribution >= 4 is 32.3 Å². The zero-order valence-corrected chi connectivity index (χ0v) is 19.1. The first-order valence-electron chi connectivity index (χ1n) is 10.5. The quantitative estimate of drug-likeness (QED) is 0.306. The van der Waals surface area contributed by atoms with E-state index in [0.717, 1.165) is 27.9 Å². The van der Waals surface area contributed by atoms with Gasteiger partial charge in [-0.25, -0.2) is 22.7 Å². The van der Waals surface area contributed by atoms with Crippen LogP contribution in [0.15, 0.2) is 103 Å². The molecule has 0 bridgehead atoms. The molecule has 5 aromatic rings. The molecule has 0 aliphatic heterocycles. The third kappa shape index (κ3) is 4.36. The van der Waals surface area contributed by atoms with Gasteiger partial charge in [-0.1, -0.05) is 6.07 Å². The summed E-state index contributed by atoms with van der Waals surface area (Å²) < 4.78 is 69.9. The summed E-state index contributed by atoms with van der Waals surface area (Å²) in [7, 11) is -4.35. The number of aromatic nitrogens is 4. The molecule has 2 aromatic carbocycles. The van der Waals surface area contributed by atoms with Crippen molar-refractivity contribution in [2.75, 3.05) is 4.31 Å². The molecule has 0 atom stereocenters. The summed E-state index contributed by atoms with van der Waals surface area (Å²) in [6.07, 6.45) is 3.86. The van der Waals surface area contributed by atoms with Gasteiger partial charge < -0.3 is 0 Å². The number of hydrogen-bond donors (Lipinski definition) is 0. The van der Waals surface area contributed by atoms with Crippen LogP contribution >= 0.6 is 0 Å². The van der Waals surface area contributed by atoms with Crippen LogP contribution in [0.25, 0.3) is 21.9 Å². The number of halogens is 3. The van der Waals surface area contributed by atoms with Gasteiger partial charge in [0.1, 0.15) is 6.33 Å². The zero-order valence-electron chi connectivity index (χ0n) is 18.3. The predicted octanol–water partition coefficient (Wildman–Crippen LogP) is 5.63. The molecular weight excluding hydrogens is 491 g/mol. The maximum absolute atomic E-state index is 14.1. The van der Waals surface area contributed by atoms with Crippen LogP contribution in [-0.2, 0) is 16.2 Å². The molecule has 0 amide bonds. The van der Waals surface area contributed by atoms with Gasteiger partial charge in [-0.15, -0.1) is 0 Å². The number of anilines is 2. The van der Waals surface area contributed by atoms with Crippen molar-refractivity contribution < 1.29 is 21.6 Å². The Bertz CT molecular complexity index is 1650. The van der Waals surface area contributed by atoms with Gasteiger partial charge in [0.05, 0.1) is 16.1 Å². The molecule has 0 N–H and O–H groups in total. The Hall–Kier alpha value is -4.38. The first kappa shape index (κ1) is 23.4. The Morgan fingerprint density at radius 3 is 2.22 bits per heavy atom. The second kappa shape index (κ2) is 9.00. The van der Waals surface area contributed by atoms with E-state index in [4.69, 9.17) is 0 Å². The molecule has 0 radical (unpaired) electrons. The predicted molar refractivity (Wildman–Crippen MR) is 128 cm³/mol. The number of fused-ring (bicyclic) bond motifs is 1. The van der Waals surface area contributed by atoms with Crippen molar-refractivity contribution in [2.45, 2.75) is 11.1 Å². The van der Waals surface area contributed by atoms with E-state index < -0.39 is 21.8 Å². The van der Waals surface area contributed by atoms with Gasteiger partial charge in [-0.2, -0.15) is 13.2 Å². The van der Waals surface area contributed by atoms with E-state index in [1.807, 2.05) is 0 Å². The number of benzene rings is 2. The van der Waals surface area contributed by atoms with Crippen molar-refractivity contribution in [1.82, 2.24) is 19.9 Å². The van der Waals surface area contributed by atoms with Crippen LogP contribution in [-0.4, -0.2) is 28.4 Å². The molecule has 0 fully saturated rings. The molecule has 5 rings (SSSR count). The molecule has 3 heterocycles. The Labute approximate surface area is 204 Å². The second-order valence-corrected chi connectivity index (χ2v) is 9.47. The smallest absolute Gasteiger partial charge is 0.265 e. The van der Waals surface area contributed by atoms with Gasteiger partial charge in [0, 0.05) is 48.0 Å². The third-order valence-electron chi connectivity index (χ3n) is 5.46.